The monoisotopic (exact) mass is 367 g/mol. The normalized spacial score (nSPS) is 18.3. The van der Waals surface area contributed by atoms with Crippen LogP contribution in [0.5, 0.6) is 0 Å². The topological polar surface area (TPSA) is 57.6 Å². The minimum atomic E-state index is -0.791. The van der Waals surface area contributed by atoms with Crippen LogP contribution in [-0.2, 0) is 16.0 Å². The van der Waals surface area contributed by atoms with Crippen molar-refractivity contribution in [2.75, 3.05) is 6.54 Å². The van der Waals surface area contributed by atoms with Crippen molar-refractivity contribution in [1.82, 2.24) is 4.90 Å². The van der Waals surface area contributed by atoms with Crippen LogP contribution in [0.3, 0.4) is 0 Å². The van der Waals surface area contributed by atoms with Crippen LogP contribution < -0.4 is 0 Å². The second-order valence-corrected chi connectivity index (χ2v) is 6.78. The van der Waals surface area contributed by atoms with E-state index >= 15 is 0 Å². The van der Waals surface area contributed by atoms with Crippen LogP contribution in [0.4, 0.5) is 0 Å². The van der Waals surface area contributed by atoms with E-state index in [1.165, 1.54) is 0 Å². The highest BCUT2D eigenvalue weighted by Gasteiger charge is 2.26. The van der Waals surface area contributed by atoms with Crippen molar-refractivity contribution in [2.24, 2.45) is 0 Å². The van der Waals surface area contributed by atoms with Gasteiger partial charge < -0.3 is 10.0 Å². The molecule has 120 valence electrons. The van der Waals surface area contributed by atoms with E-state index in [4.69, 9.17) is 5.11 Å². The lowest BCUT2D eigenvalue weighted by Gasteiger charge is -2.36. The Bertz CT molecular complexity index is 559. The van der Waals surface area contributed by atoms with Crippen LogP contribution >= 0.6 is 15.9 Å². The summed E-state index contributed by atoms with van der Waals surface area (Å²) in [6, 6.07) is 6.05. The van der Waals surface area contributed by atoms with Crippen molar-refractivity contribution in [2.45, 2.75) is 51.5 Å². The van der Waals surface area contributed by atoms with Gasteiger partial charge in [0, 0.05) is 23.5 Å². The van der Waals surface area contributed by atoms with Gasteiger partial charge in [0.25, 0.3) is 0 Å². The van der Waals surface area contributed by atoms with Gasteiger partial charge in [0.15, 0.2) is 0 Å². The number of likely N-dealkylation sites (tertiary alicyclic amines) is 1. The zero-order chi connectivity index (χ0) is 16.1. The molecule has 22 heavy (non-hydrogen) atoms. The second kappa shape index (κ2) is 7.77. The number of hydrogen-bond donors (Lipinski definition) is 1. The number of carbonyl (C=O) groups excluding carboxylic acids is 1. The van der Waals surface area contributed by atoms with Crippen LogP contribution in [0.1, 0.15) is 43.2 Å². The van der Waals surface area contributed by atoms with E-state index < -0.39 is 5.97 Å². The van der Waals surface area contributed by atoms with Crippen molar-refractivity contribution in [3.8, 4) is 0 Å². The van der Waals surface area contributed by atoms with E-state index in [-0.39, 0.29) is 18.4 Å². The Morgan fingerprint density at radius 2 is 2.14 bits per heavy atom. The highest BCUT2D eigenvalue weighted by molar-refractivity contribution is 9.10. The fourth-order valence-electron chi connectivity index (χ4n) is 2.94. The summed E-state index contributed by atoms with van der Waals surface area (Å²) < 4.78 is 1.01. The molecule has 1 atom stereocenters. The van der Waals surface area contributed by atoms with E-state index in [2.05, 4.69) is 15.9 Å². The minimum absolute atomic E-state index is 0.0752. The third kappa shape index (κ3) is 4.57. The lowest BCUT2D eigenvalue weighted by Crippen LogP contribution is -2.44. The van der Waals surface area contributed by atoms with Gasteiger partial charge >= 0.3 is 5.97 Å². The number of rotatable bonds is 5. The fraction of sp³-hybridized carbons (Fsp3) is 0.529. The summed E-state index contributed by atoms with van der Waals surface area (Å²) in [5.74, 6) is -0.689. The van der Waals surface area contributed by atoms with Gasteiger partial charge in [-0.2, -0.15) is 0 Å². The van der Waals surface area contributed by atoms with Crippen LogP contribution in [0.2, 0.25) is 0 Å². The third-order valence-corrected chi connectivity index (χ3v) is 5.08. The summed E-state index contributed by atoms with van der Waals surface area (Å²) in [5, 5.41) is 8.85. The first-order valence-corrected chi connectivity index (χ1v) is 8.53. The Hall–Kier alpha value is -1.36. The molecule has 0 bridgehead atoms. The zero-order valence-corrected chi connectivity index (χ0v) is 14.4. The Balaban J connectivity index is 2.01. The Morgan fingerprint density at radius 3 is 2.82 bits per heavy atom. The molecule has 1 aliphatic rings. The smallest absolute Gasteiger partial charge is 0.303 e. The maximum Gasteiger partial charge on any atom is 0.303 e. The lowest BCUT2D eigenvalue weighted by atomic mass is 9.97. The number of carboxylic acids is 1. The molecule has 1 aliphatic heterocycles. The molecule has 2 rings (SSSR count). The molecule has 0 aliphatic carbocycles. The zero-order valence-electron chi connectivity index (χ0n) is 12.8. The Labute approximate surface area is 139 Å². The molecule has 1 amide bonds. The fourth-order valence-corrected chi connectivity index (χ4v) is 3.37. The standard InChI is InChI=1S/C17H22BrNO3/c1-12-5-6-13(10-15(12)18)11-16(20)19-9-3-2-4-14(19)7-8-17(21)22/h5-6,10,14H,2-4,7-9,11H2,1H3,(H,21,22). The first-order valence-electron chi connectivity index (χ1n) is 7.73. The number of carboxylic acid groups (broad SMARTS) is 1. The van der Waals surface area contributed by atoms with Crippen LogP contribution in [0.25, 0.3) is 0 Å². The van der Waals surface area contributed by atoms with E-state index in [1.54, 1.807) is 0 Å². The molecule has 1 aromatic carbocycles. The molecular formula is C17H22BrNO3. The molecule has 0 spiro atoms. The SMILES string of the molecule is Cc1ccc(CC(=O)N2CCCCC2CCC(=O)O)cc1Br. The van der Waals surface area contributed by atoms with Crippen LogP contribution in [-0.4, -0.2) is 34.5 Å². The van der Waals surface area contributed by atoms with E-state index in [1.807, 2.05) is 30.0 Å². The van der Waals surface area contributed by atoms with Gasteiger partial charge in [0.1, 0.15) is 0 Å². The number of amides is 1. The van der Waals surface area contributed by atoms with Crippen molar-refractivity contribution in [3.63, 3.8) is 0 Å². The van der Waals surface area contributed by atoms with Crippen molar-refractivity contribution >= 4 is 27.8 Å². The molecule has 1 saturated heterocycles. The molecule has 5 heteroatoms. The predicted octanol–water partition coefficient (Wildman–Crippen LogP) is 3.55. The molecule has 0 aromatic heterocycles. The highest BCUT2D eigenvalue weighted by atomic mass is 79.9. The average molecular weight is 368 g/mol. The minimum Gasteiger partial charge on any atom is -0.481 e. The number of carbonyl (C=O) groups is 2. The Kier molecular flexibility index (Phi) is 6.00. The summed E-state index contributed by atoms with van der Waals surface area (Å²) >= 11 is 3.49. The van der Waals surface area contributed by atoms with Crippen molar-refractivity contribution in [1.29, 1.82) is 0 Å². The quantitative estimate of drug-likeness (QED) is 0.865. The van der Waals surface area contributed by atoms with Gasteiger partial charge in [-0.3, -0.25) is 9.59 Å². The number of piperidine rings is 1. The maximum atomic E-state index is 12.6. The maximum absolute atomic E-state index is 12.6. The van der Waals surface area contributed by atoms with E-state index in [0.29, 0.717) is 12.8 Å². The number of nitrogens with zero attached hydrogens (tertiary/aromatic N) is 1. The number of benzene rings is 1. The van der Waals surface area contributed by atoms with Crippen LogP contribution in [0.15, 0.2) is 22.7 Å². The van der Waals surface area contributed by atoms with Crippen molar-refractivity contribution in [3.05, 3.63) is 33.8 Å². The largest absolute Gasteiger partial charge is 0.481 e. The first-order chi connectivity index (χ1) is 10.5. The molecule has 0 radical (unpaired) electrons. The summed E-state index contributed by atoms with van der Waals surface area (Å²) in [5.41, 5.74) is 2.14. The van der Waals surface area contributed by atoms with Gasteiger partial charge in [-0.15, -0.1) is 0 Å². The van der Waals surface area contributed by atoms with Crippen molar-refractivity contribution < 1.29 is 14.7 Å². The molecule has 1 N–H and O–H groups in total. The second-order valence-electron chi connectivity index (χ2n) is 5.93. The number of aryl methyl sites for hydroxylation is 1. The Morgan fingerprint density at radius 1 is 1.36 bits per heavy atom. The molecule has 1 unspecified atom stereocenters. The van der Waals surface area contributed by atoms with Gasteiger partial charge in [-0.1, -0.05) is 28.1 Å². The average Bonchev–Trinajstić information content (AvgIpc) is 2.49. The number of halogens is 1. The summed E-state index contributed by atoms with van der Waals surface area (Å²) in [6.45, 7) is 2.76. The molecule has 1 aromatic rings. The highest BCUT2D eigenvalue weighted by Crippen LogP contribution is 2.23. The predicted molar refractivity (Wildman–Crippen MR) is 88.8 cm³/mol. The van der Waals surface area contributed by atoms with Crippen LogP contribution in [0, 0.1) is 6.92 Å². The van der Waals surface area contributed by atoms with Gasteiger partial charge in [-0.05, 0) is 49.8 Å². The van der Waals surface area contributed by atoms with E-state index in [9.17, 15) is 9.59 Å². The molecule has 0 saturated carbocycles. The summed E-state index contributed by atoms with van der Waals surface area (Å²) in [6.07, 6.45) is 4.05. The summed E-state index contributed by atoms with van der Waals surface area (Å²) in [4.78, 5) is 25.2. The number of hydrogen-bond acceptors (Lipinski definition) is 2. The van der Waals surface area contributed by atoms with Gasteiger partial charge in [0.2, 0.25) is 5.91 Å². The first kappa shape index (κ1) is 17.0. The molecule has 1 heterocycles. The van der Waals surface area contributed by atoms with Gasteiger partial charge in [-0.25, -0.2) is 0 Å². The molecule has 4 nitrogen and oxygen atoms in total. The lowest BCUT2D eigenvalue weighted by molar-refractivity contribution is -0.139. The number of aliphatic carboxylic acids is 1. The van der Waals surface area contributed by atoms with Gasteiger partial charge in [0.05, 0.1) is 6.42 Å². The summed E-state index contributed by atoms with van der Waals surface area (Å²) in [7, 11) is 0. The molecule has 1 fully saturated rings. The third-order valence-electron chi connectivity index (χ3n) is 4.23. The molecular weight excluding hydrogens is 346 g/mol. The van der Waals surface area contributed by atoms with E-state index in [0.717, 1.165) is 41.4 Å².